The second-order valence-corrected chi connectivity index (χ2v) is 21.0. The summed E-state index contributed by atoms with van der Waals surface area (Å²) in [5, 5.41) is 5.96. The van der Waals surface area contributed by atoms with Crippen molar-refractivity contribution < 1.29 is 41.8 Å². The molecule has 14 nitrogen and oxygen atoms in total. The third kappa shape index (κ3) is 9.98. The lowest BCUT2D eigenvalue weighted by Crippen LogP contribution is -2.59. The minimum absolute atomic E-state index is 0.0101. The zero-order chi connectivity index (χ0) is 44.5. The zero-order valence-electron chi connectivity index (χ0n) is 36.7. The Morgan fingerprint density at radius 2 is 1.79 bits per heavy atom. The Morgan fingerprint density at radius 3 is 2.49 bits per heavy atom. The predicted molar refractivity (Wildman–Crippen MR) is 238 cm³/mol. The molecule has 3 heterocycles. The lowest BCUT2D eigenvalue weighted by molar-refractivity contribution is -0.142. The van der Waals surface area contributed by atoms with Crippen LogP contribution in [0.2, 0.25) is 0 Å². The van der Waals surface area contributed by atoms with Crippen molar-refractivity contribution >= 4 is 44.7 Å². The van der Waals surface area contributed by atoms with Gasteiger partial charge in [-0.25, -0.2) is 13.2 Å². The van der Waals surface area contributed by atoms with E-state index in [1.807, 2.05) is 44.2 Å². The number of hydrogen-bond acceptors (Lipinski definition) is 10. The third-order valence-corrected chi connectivity index (χ3v) is 15.5. The first kappa shape index (κ1) is 44.4. The molecule has 1 unspecified atom stereocenters. The van der Waals surface area contributed by atoms with E-state index in [9.17, 15) is 22.8 Å². The number of sulfonamides is 1. The van der Waals surface area contributed by atoms with Crippen molar-refractivity contribution in [2.75, 3.05) is 20.3 Å². The Hall–Kier alpha value is -5.18. The number of fused-ring (bicyclic) bond motifs is 3. The quantitative estimate of drug-likeness (QED) is 0.191. The first-order valence-corrected chi connectivity index (χ1v) is 24.2. The molecule has 3 saturated carbocycles. The van der Waals surface area contributed by atoms with Gasteiger partial charge in [-0.1, -0.05) is 69.5 Å². The van der Waals surface area contributed by atoms with Crippen LogP contribution in [0, 0.1) is 17.3 Å². The van der Waals surface area contributed by atoms with E-state index in [-0.39, 0.29) is 37.3 Å². The number of aryl methyl sites for hydroxylation is 3. The van der Waals surface area contributed by atoms with E-state index in [4.69, 9.17) is 19.2 Å². The van der Waals surface area contributed by atoms with Crippen LogP contribution in [0.25, 0.3) is 10.9 Å². The van der Waals surface area contributed by atoms with Crippen molar-refractivity contribution in [3.63, 3.8) is 0 Å². The molecule has 2 aliphatic heterocycles. The molecule has 15 heteroatoms. The fourth-order valence-corrected chi connectivity index (χ4v) is 11.1. The molecule has 4 amide bonds. The predicted octanol–water partition coefficient (Wildman–Crippen LogP) is 6.08. The van der Waals surface area contributed by atoms with Gasteiger partial charge in [0.1, 0.15) is 35.2 Å². The number of nitrogens with one attached hydrogen (secondary N) is 3. The maximum atomic E-state index is 15.1. The number of rotatable bonds is 11. The second-order valence-electron chi connectivity index (χ2n) is 19.1. The van der Waals surface area contributed by atoms with Crippen LogP contribution >= 0.6 is 0 Å². The van der Waals surface area contributed by atoms with Crippen LogP contribution in [0.5, 0.6) is 11.5 Å². The van der Waals surface area contributed by atoms with E-state index in [0.29, 0.717) is 55.5 Å². The summed E-state index contributed by atoms with van der Waals surface area (Å²) in [7, 11) is -2.27. The van der Waals surface area contributed by atoms with Crippen LogP contribution in [0.15, 0.2) is 61.2 Å². The topological polar surface area (TPSA) is 182 Å². The van der Waals surface area contributed by atoms with Gasteiger partial charge in [-0.05, 0) is 92.7 Å². The van der Waals surface area contributed by atoms with Gasteiger partial charge in [0.25, 0.3) is 5.91 Å². The molecule has 338 valence electrons. The maximum absolute atomic E-state index is 15.1. The minimum Gasteiger partial charge on any atom is -0.496 e. The molecule has 3 N–H and O–H groups in total. The summed E-state index contributed by atoms with van der Waals surface area (Å²) in [6.07, 6.45) is 9.14. The molecular formula is C48H61N5O9S. The van der Waals surface area contributed by atoms with Crippen molar-refractivity contribution in [3.05, 3.63) is 78.0 Å². The monoisotopic (exact) mass is 883 g/mol. The molecule has 0 spiro atoms. The lowest BCUT2D eigenvalue weighted by Gasteiger charge is -2.35. The van der Waals surface area contributed by atoms with Crippen LogP contribution in [-0.4, -0.2) is 91.4 Å². The van der Waals surface area contributed by atoms with Gasteiger partial charge < -0.3 is 29.7 Å². The molecule has 2 aromatic carbocycles. The number of alkyl carbamates (subject to hydrolysis) is 1. The first-order valence-electron chi connectivity index (χ1n) is 22.6. The van der Waals surface area contributed by atoms with Gasteiger partial charge >= 0.3 is 6.09 Å². The number of methoxy groups -OCH3 is 1. The van der Waals surface area contributed by atoms with E-state index in [0.717, 1.165) is 55.2 Å². The fourth-order valence-electron chi connectivity index (χ4n) is 9.71. The number of carbonyl (C=O) groups excluding carboxylic acids is 4. The number of hydrogen-bond donors (Lipinski definition) is 3. The summed E-state index contributed by atoms with van der Waals surface area (Å²) in [4.78, 5) is 63.7. The highest BCUT2D eigenvalue weighted by atomic mass is 32.2. The van der Waals surface area contributed by atoms with Gasteiger partial charge in [0.15, 0.2) is 0 Å². The van der Waals surface area contributed by atoms with Gasteiger partial charge in [0, 0.05) is 35.6 Å². The largest absolute Gasteiger partial charge is 0.496 e. The molecule has 4 fully saturated rings. The Kier molecular flexibility index (Phi) is 12.8. The summed E-state index contributed by atoms with van der Waals surface area (Å²) in [6, 6.07) is 14.0. The van der Waals surface area contributed by atoms with Crippen LogP contribution in [0.4, 0.5) is 4.79 Å². The molecule has 63 heavy (non-hydrogen) atoms. The number of ether oxygens (including phenoxy) is 3. The maximum Gasteiger partial charge on any atom is 0.407 e. The fraction of sp³-hybridized carbons (Fsp3) is 0.562. The van der Waals surface area contributed by atoms with Crippen molar-refractivity contribution in [3.8, 4) is 11.5 Å². The molecule has 4 bridgehead atoms. The van der Waals surface area contributed by atoms with Crippen molar-refractivity contribution in [2.45, 2.75) is 133 Å². The average Bonchev–Trinajstić information content (AvgIpc) is 4.21. The molecule has 8 rings (SSSR count). The zero-order valence-corrected chi connectivity index (χ0v) is 37.5. The Bertz CT molecular complexity index is 2350. The highest BCUT2D eigenvalue weighted by Gasteiger charge is 2.62. The number of cyclic esters (lactones) is 1. The van der Waals surface area contributed by atoms with Gasteiger partial charge in [-0.2, -0.15) is 0 Å². The van der Waals surface area contributed by atoms with Crippen molar-refractivity contribution in [1.29, 1.82) is 0 Å². The van der Waals surface area contributed by atoms with E-state index in [1.165, 1.54) is 16.5 Å². The Balaban J connectivity index is 1.17. The van der Waals surface area contributed by atoms with E-state index < -0.39 is 68.7 Å². The molecule has 3 aliphatic carbocycles. The molecule has 5 atom stereocenters. The number of pyridine rings is 1. The summed E-state index contributed by atoms with van der Waals surface area (Å²) in [5.74, 6) is -1.32. The minimum atomic E-state index is -3.92. The highest BCUT2D eigenvalue weighted by Crippen LogP contribution is 2.46. The first-order chi connectivity index (χ1) is 30.2. The van der Waals surface area contributed by atoms with Gasteiger partial charge in [-0.3, -0.25) is 24.1 Å². The average molecular weight is 884 g/mol. The number of benzene rings is 2. The highest BCUT2D eigenvalue weighted by molar-refractivity contribution is 7.91. The molecule has 5 aliphatic rings. The normalized spacial score (nSPS) is 26.7. The van der Waals surface area contributed by atoms with Crippen LogP contribution in [0.3, 0.4) is 0 Å². The van der Waals surface area contributed by atoms with E-state index in [2.05, 4.69) is 40.1 Å². The smallest absolute Gasteiger partial charge is 0.407 e. The number of nitrogens with zero attached hydrogens (tertiary/aromatic N) is 2. The van der Waals surface area contributed by atoms with Crippen LogP contribution in [0.1, 0.15) is 101 Å². The Labute approximate surface area is 370 Å². The van der Waals surface area contributed by atoms with Crippen molar-refractivity contribution in [1.82, 2.24) is 25.2 Å². The molecule has 0 radical (unpaired) electrons. The van der Waals surface area contributed by atoms with Crippen LogP contribution < -0.4 is 24.8 Å². The van der Waals surface area contributed by atoms with Gasteiger partial charge in [-0.15, -0.1) is 6.58 Å². The van der Waals surface area contributed by atoms with E-state index in [1.54, 1.807) is 7.11 Å². The summed E-state index contributed by atoms with van der Waals surface area (Å²) in [6.45, 7) is 8.08. The number of carbonyl (C=O) groups is 4. The SMILES string of the molecule is C=C[C@@H]1CC1(NC(=O)[C@@H]1C[C@@H]2CN1C(=O)[C@H](C1CCCCC1)NC(=O)OCC(C)(C)CCCc1cc3c(cc(CCc4ccccc4)nc3cc1OC)O2)C(=O)NS(=O)(=O)C1CC1. The third-order valence-electron chi connectivity index (χ3n) is 13.7. The van der Waals surface area contributed by atoms with Crippen molar-refractivity contribution in [2.24, 2.45) is 17.3 Å². The Morgan fingerprint density at radius 1 is 1.03 bits per heavy atom. The standard InChI is InChI=1S/C48H61N5O9S/c1-5-33-27-48(33,45(56)52-63(58,59)36-20-21-36)51-43(54)39-25-35-28-53(39)44(55)42(31-15-10-7-11-16-31)50-46(57)61-29-47(2,3)22-12-17-32-23-37-38(26-40(32)60-4)49-34(24-41(37)62-35)19-18-30-13-8-6-9-14-30/h5-6,8-9,13-14,23-24,26,31,33,35-36,39,42H,1,7,10-12,15-22,25,27-29H2,2-4H3,(H,50,57)(H,51,54)(H,52,56)/t33-,35-,39+,42+,48?/m1/s1. The van der Waals surface area contributed by atoms with Gasteiger partial charge in [0.2, 0.25) is 21.8 Å². The molecule has 1 saturated heterocycles. The molecule has 1 aromatic heterocycles. The summed E-state index contributed by atoms with van der Waals surface area (Å²) < 4.78 is 46.7. The van der Waals surface area contributed by atoms with Gasteiger partial charge in [0.05, 0.1) is 31.0 Å². The summed E-state index contributed by atoms with van der Waals surface area (Å²) in [5.41, 5.74) is 1.70. The number of amides is 4. The second kappa shape index (κ2) is 18.1. The summed E-state index contributed by atoms with van der Waals surface area (Å²) >= 11 is 0. The number of aromatic nitrogens is 1. The molecular weight excluding hydrogens is 823 g/mol. The molecule has 3 aromatic rings. The lowest BCUT2D eigenvalue weighted by atomic mass is 9.83. The van der Waals surface area contributed by atoms with Crippen LogP contribution in [-0.2, 0) is 48.4 Å². The van der Waals surface area contributed by atoms with E-state index >= 15 is 4.79 Å².